The van der Waals surface area contributed by atoms with Crippen molar-refractivity contribution in [3.8, 4) is 11.5 Å². The summed E-state index contributed by atoms with van der Waals surface area (Å²) in [4.78, 5) is 138. The number of carboxylic acid groups (broad SMARTS) is 5. The van der Waals surface area contributed by atoms with Crippen LogP contribution in [-0.4, -0.2) is 174 Å². The quantitative estimate of drug-likeness (QED) is 0.0132. The molecule has 6 heterocycles. The van der Waals surface area contributed by atoms with Gasteiger partial charge >= 0.3 is 23.9 Å². The van der Waals surface area contributed by atoms with E-state index in [1.54, 1.807) is 0 Å². The van der Waals surface area contributed by atoms with Crippen LogP contribution >= 0.6 is 57.8 Å². The number of hydrogen-bond acceptors (Lipinski definition) is 25. The summed E-state index contributed by atoms with van der Waals surface area (Å²) >= 11 is 9.97. The summed E-state index contributed by atoms with van der Waals surface area (Å²) in [5.74, 6) is -14.5. The number of β-lactam (4-membered cyclic amide) rings is 1. The Morgan fingerprint density at radius 1 is 0.902 bits per heavy atom. The van der Waals surface area contributed by atoms with Gasteiger partial charge in [-0.25, -0.2) is 24.4 Å². The van der Waals surface area contributed by atoms with E-state index in [1.807, 2.05) is 0 Å². The number of nitrogens with two attached hydrogens (primary N) is 2. The largest absolute Gasteiger partial charge is 0.543 e. The number of carbonyl (C=O) groups is 9. The Hall–Kier alpha value is -7.32. The number of nitrogen functional groups attached to an aromatic ring is 2. The monoisotopic (exact) mass is 1230 g/mol. The van der Waals surface area contributed by atoms with Gasteiger partial charge in [-0.2, -0.15) is 0 Å². The number of Topliss-reactive ketones (excluding diaryl/α,β-unsaturated/α-hetero) is 3. The number of fused-ring (bicyclic) bond motifs is 1. The van der Waals surface area contributed by atoms with Crippen molar-refractivity contribution in [2.75, 3.05) is 49.2 Å². The van der Waals surface area contributed by atoms with E-state index in [1.165, 1.54) is 23.2 Å². The molecular weight excluding hydrogens is 1180 g/mol. The number of hydrogen-bond donors (Lipinski definition) is 9. The summed E-state index contributed by atoms with van der Waals surface area (Å²) in [6.07, 6.45) is 0.273. The lowest BCUT2D eigenvalue weighted by atomic mass is 9.88. The van der Waals surface area contributed by atoms with Crippen LogP contribution in [0.5, 0.6) is 11.5 Å². The number of aromatic hydroxyl groups is 2. The first-order valence-corrected chi connectivity index (χ1v) is 29.2. The maximum atomic E-state index is 14.6. The molecule has 0 aliphatic carbocycles. The summed E-state index contributed by atoms with van der Waals surface area (Å²) < 4.78 is 0.411. The van der Waals surface area contributed by atoms with E-state index in [-0.39, 0.29) is 85.1 Å². The fourth-order valence-electron chi connectivity index (χ4n) is 9.44. The molecule has 2 saturated heterocycles. The van der Waals surface area contributed by atoms with Gasteiger partial charge in [-0.05, 0) is 45.4 Å². The van der Waals surface area contributed by atoms with Gasteiger partial charge in [0.15, 0.2) is 50.5 Å². The number of carbonyl (C=O) groups excluding carboxylic acids is 5. The van der Waals surface area contributed by atoms with Gasteiger partial charge < -0.3 is 71.5 Å². The molecule has 1 aromatic carbocycles. The SMILES string of the molecule is CC(C)(O/N=C(\C(=O)C[C@H](C(=O)O)[C@@H]1NC(C(=O)O)=C(Cc2sc(N)nc2/C(=N/OC(C)(C)C(=O)O)C(=O)C[C@@H]2C(=O)N3C(C(=O)[O-])=C(C[N+]4(CCCC(=O)c5ccc(O)c(O)c5Cl)CCCC4)CS[C@H]23)CS1)c1csc(N)n1)C(=O)O. The predicted octanol–water partition coefficient (Wildman–Crippen LogP) is 2.67. The Morgan fingerprint density at radius 3 is 2.12 bits per heavy atom. The zero-order valence-corrected chi connectivity index (χ0v) is 48.2. The number of aliphatic carboxylic acids is 5. The average molecular weight is 1230 g/mol. The second-order valence-electron chi connectivity index (χ2n) is 20.6. The van der Waals surface area contributed by atoms with Gasteiger partial charge in [-0.15, -0.1) is 46.2 Å². The van der Waals surface area contributed by atoms with Gasteiger partial charge in [0, 0.05) is 77.8 Å². The smallest absolute Gasteiger partial charge is 0.351 e. The van der Waals surface area contributed by atoms with E-state index in [4.69, 9.17) is 32.7 Å². The lowest BCUT2D eigenvalue weighted by Gasteiger charge is -2.51. The number of aromatic nitrogens is 2. The Balaban J connectivity index is 1.10. The Morgan fingerprint density at radius 2 is 1.54 bits per heavy atom. The van der Waals surface area contributed by atoms with Gasteiger partial charge in [-0.3, -0.25) is 28.9 Å². The number of thiazole rings is 2. The number of thioether (sulfide) groups is 2. The molecule has 27 nitrogen and oxygen atoms in total. The molecule has 4 aliphatic rings. The summed E-state index contributed by atoms with van der Waals surface area (Å²) in [7, 11) is 0. The molecule has 7 rings (SSSR count). The highest BCUT2D eigenvalue weighted by Crippen LogP contribution is 2.46. The molecule has 32 heteroatoms. The highest BCUT2D eigenvalue weighted by molar-refractivity contribution is 8.00. The van der Waals surface area contributed by atoms with E-state index in [0.29, 0.717) is 36.1 Å². The number of phenols is 2. The van der Waals surface area contributed by atoms with Crippen LogP contribution in [0.2, 0.25) is 5.02 Å². The fourth-order valence-corrected chi connectivity index (χ4v) is 13.8. The Labute approximate surface area is 487 Å². The highest BCUT2D eigenvalue weighted by Gasteiger charge is 2.54. The van der Waals surface area contributed by atoms with Gasteiger partial charge in [0.2, 0.25) is 17.1 Å². The van der Waals surface area contributed by atoms with Crippen molar-refractivity contribution in [3.05, 3.63) is 66.9 Å². The van der Waals surface area contributed by atoms with E-state index >= 15 is 0 Å². The number of quaternary nitrogens is 1. The number of nitrogens with one attached hydrogen (secondary N) is 1. The van der Waals surface area contributed by atoms with E-state index in [2.05, 4.69) is 25.6 Å². The highest BCUT2D eigenvalue weighted by atomic mass is 35.5. The molecule has 0 radical (unpaired) electrons. The van der Waals surface area contributed by atoms with Crippen molar-refractivity contribution < 1.29 is 93.1 Å². The van der Waals surface area contributed by atoms with E-state index in [0.717, 1.165) is 85.9 Å². The summed E-state index contributed by atoms with van der Waals surface area (Å²) in [5.41, 5.74) is 6.19. The van der Waals surface area contributed by atoms with Gasteiger partial charge in [-0.1, -0.05) is 21.9 Å². The molecule has 0 spiro atoms. The lowest BCUT2D eigenvalue weighted by molar-refractivity contribution is -0.912. The number of nitrogens with zero attached hydrogens (tertiary/aromatic N) is 6. The van der Waals surface area contributed by atoms with Crippen LogP contribution in [0.3, 0.4) is 0 Å². The molecule has 440 valence electrons. The van der Waals surface area contributed by atoms with Gasteiger partial charge in [0.05, 0.1) is 58.9 Å². The number of carboxylic acids is 5. The molecule has 82 heavy (non-hydrogen) atoms. The van der Waals surface area contributed by atoms with Crippen LogP contribution in [0.4, 0.5) is 10.3 Å². The average Bonchev–Trinajstić information content (AvgIpc) is 1.94. The van der Waals surface area contributed by atoms with Crippen molar-refractivity contribution in [3.63, 3.8) is 0 Å². The van der Waals surface area contributed by atoms with Gasteiger partial charge in [0.25, 0.3) is 0 Å². The first-order valence-electron chi connectivity index (χ1n) is 25.0. The molecule has 1 amide bonds. The van der Waals surface area contributed by atoms with E-state index < -0.39 is 123 Å². The minimum absolute atomic E-state index is 0.000376. The number of ketones is 3. The van der Waals surface area contributed by atoms with Gasteiger partial charge in [0.1, 0.15) is 23.6 Å². The molecule has 4 aliphatic heterocycles. The first kappa shape index (κ1) is 62.3. The third kappa shape index (κ3) is 13.6. The van der Waals surface area contributed by atoms with Crippen molar-refractivity contribution >= 4 is 133 Å². The van der Waals surface area contributed by atoms with Crippen LogP contribution in [0.15, 0.2) is 50.4 Å². The van der Waals surface area contributed by atoms with Crippen molar-refractivity contribution in [1.29, 1.82) is 0 Å². The van der Waals surface area contributed by atoms with E-state index in [9.17, 15) is 78.9 Å². The fraction of sp³-hybridized carbons (Fsp3) is 0.460. The maximum absolute atomic E-state index is 14.6. The standard InChI is InChI=1S/C50H56ClN9O18S4/c1-49(2,45(73)74)77-57-34(26-20-81-47(52)54-26)29(63)15-24(42(67)68)39-55-33(43(69)70)21(18-79-39)14-31-36(56-48(53)82-31)35(58-78-50(3,4)46(75)76)30(64)16-25-40(66)59-37(44(71)72)22(19-80-41(25)59)17-60(11-5-6-12-60)13-7-8-27(61)23-9-10-28(62)38(65)32(23)51/h9-10,20,24-25,39,41,55H,5-8,11-19H2,1-4H3,(H10-,52,53,54,56,57,58,61,62,63,64,65,67,68,69,70,71,72,73,74,75,76)/t24-,25+,39+,41+/m0/s1. The van der Waals surface area contributed by atoms with Crippen LogP contribution in [0.25, 0.3) is 0 Å². The zero-order valence-electron chi connectivity index (χ0n) is 44.2. The number of amides is 1. The minimum atomic E-state index is -2.04. The predicted molar refractivity (Wildman–Crippen MR) is 296 cm³/mol. The third-order valence-electron chi connectivity index (χ3n) is 14.0. The molecule has 0 unspecified atom stereocenters. The lowest BCUT2D eigenvalue weighted by Crippen LogP contribution is -2.63. The molecular formula is C50H56ClN9O18S4. The van der Waals surface area contributed by atoms with Crippen molar-refractivity contribution in [2.45, 2.75) is 94.6 Å². The summed E-state index contributed by atoms with van der Waals surface area (Å²) in [6, 6.07) is 2.48. The molecule has 0 saturated carbocycles. The minimum Gasteiger partial charge on any atom is -0.543 e. The van der Waals surface area contributed by atoms with Crippen molar-refractivity contribution in [2.24, 2.45) is 22.1 Å². The molecule has 3 aromatic rings. The second kappa shape index (κ2) is 25.0. The molecule has 11 N–H and O–H groups in total. The van der Waals surface area contributed by atoms with Crippen LogP contribution in [-0.2, 0) is 54.5 Å². The summed E-state index contributed by atoms with van der Waals surface area (Å²) in [6.45, 7) is 6.57. The number of halogens is 1. The summed E-state index contributed by atoms with van der Waals surface area (Å²) in [5, 5.41) is 82.2. The molecule has 2 fully saturated rings. The first-order chi connectivity index (χ1) is 38.4. The van der Waals surface area contributed by atoms with Crippen LogP contribution in [0, 0.1) is 11.8 Å². The topological polar surface area (TPSA) is 434 Å². The zero-order chi connectivity index (χ0) is 60.3. The second-order valence-corrected chi connectivity index (χ2v) is 25.2. The number of rotatable bonds is 27. The number of oxime groups is 2. The molecule has 2 aromatic heterocycles. The number of likely N-dealkylation sites (tertiary alicyclic amines) is 1. The molecule has 4 atom stereocenters. The maximum Gasteiger partial charge on any atom is 0.351 e. The number of phenolic OH excluding ortho intramolecular Hbond substituents is 2. The van der Waals surface area contributed by atoms with Crippen LogP contribution < -0.4 is 21.9 Å². The Bertz CT molecular complexity index is 3270. The normalized spacial score (nSPS) is 19.6. The Kier molecular flexibility index (Phi) is 19.0. The number of benzene rings is 1. The van der Waals surface area contributed by atoms with Crippen molar-refractivity contribution in [1.82, 2.24) is 20.2 Å². The van der Waals surface area contributed by atoms with Crippen LogP contribution in [0.1, 0.15) is 92.8 Å². The molecule has 0 bridgehead atoms. The third-order valence-corrected chi connectivity index (χ3v) is 18.6. The number of anilines is 2.